The van der Waals surface area contributed by atoms with Gasteiger partial charge in [-0.05, 0) is 6.92 Å². The van der Waals surface area contributed by atoms with Crippen LogP contribution in [0.25, 0.3) is 11.2 Å². The fourth-order valence-electron chi connectivity index (χ4n) is 1.55. The van der Waals surface area contributed by atoms with Gasteiger partial charge in [0.15, 0.2) is 11.5 Å². The largest absolute Gasteiger partial charge is 0.392 e. The Morgan fingerprint density at radius 1 is 1.50 bits per heavy atom. The van der Waals surface area contributed by atoms with Gasteiger partial charge in [-0.3, -0.25) is 0 Å². The lowest BCUT2D eigenvalue weighted by Gasteiger charge is -2.06. The lowest BCUT2D eigenvalue weighted by atomic mass is 10.3. The van der Waals surface area contributed by atoms with Crippen molar-refractivity contribution in [1.29, 1.82) is 0 Å². The van der Waals surface area contributed by atoms with Gasteiger partial charge < -0.3 is 15.4 Å². The molecule has 6 nitrogen and oxygen atoms in total. The number of hydrogen-bond acceptors (Lipinski definition) is 5. The first-order valence-electron chi connectivity index (χ1n) is 5.95. The van der Waals surface area contributed by atoms with Crippen LogP contribution in [-0.2, 0) is 6.42 Å². The Labute approximate surface area is 105 Å². The fourth-order valence-corrected chi connectivity index (χ4v) is 1.55. The standard InChI is InChI=1S/C12H17N5O/c1-3-9-16-11(13-5-4-8(2)6-18)10-12(17-9)15-7-14-10/h4,7,18H,3,5-6H2,1-2H3,(H2,13,14,15,16,17). The van der Waals surface area contributed by atoms with Crippen molar-refractivity contribution in [2.45, 2.75) is 20.3 Å². The SMILES string of the molecule is CCc1nc(NCC=C(C)CO)c2[nH]cnc2n1. The number of aromatic nitrogens is 4. The molecule has 2 aromatic heterocycles. The first-order valence-corrected chi connectivity index (χ1v) is 5.95. The van der Waals surface area contributed by atoms with Gasteiger partial charge in [0.2, 0.25) is 0 Å². The zero-order valence-electron chi connectivity index (χ0n) is 10.6. The van der Waals surface area contributed by atoms with Gasteiger partial charge in [0.05, 0.1) is 12.9 Å². The number of aromatic amines is 1. The third-order valence-corrected chi connectivity index (χ3v) is 2.62. The fraction of sp³-hybridized carbons (Fsp3) is 0.417. The Hall–Kier alpha value is -1.95. The molecule has 0 aliphatic heterocycles. The van der Waals surface area contributed by atoms with Crippen molar-refractivity contribution in [2.75, 3.05) is 18.5 Å². The van der Waals surface area contributed by atoms with Crippen LogP contribution in [0.1, 0.15) is 19.7 Å². The van der Waals surface area contributed by atoms with Gasteiger partial charge in [-0.15, -0.1) is 0 Å². The smallest absolute Gasteiger partial charge is 0.183 e. The van der Waals surface area contributed by atoms with Crippen molar-refractivity contribution in [2.24, 2.45) is 0 Å². The normalized spacial score (nSPS) is 12.1. The summed E-state index contributed by atoms with van der Waals surface area (Å²) in [7, 11) is 0. The van der Waals surface area contributed by atoms with E-state index in [0.717, 1.165) is 29.2 Å². The van der Waals surface area contributed by atoms with Gasteiger partial charge in [0.25, 0.3) is 0 Å². The highest BCUT2D eigenvalue weighted by atomic mass is 16.3. The van der Waals surface area contributed by atoms with Crippen LogP contribution in [0, 0.1) is 0 Å². The summed E-state index contributed by atoms with van der Waals surface area (Å²) in [5.41, 5.74) is 2.41. The summed E-state index contributed by atoms with van der Waals surface area (Å²) >= 11 is 0. The average Bonchev–Trinajstić information content (AvgIpc) is 2.86. The number of rotatable bonds is 5. The summed E-state index contributed by atoms with van der Waals surface area (Å²) in [6.45, 7) is 4.57. The summed E-state index contributed by atoms with van der Waals surface area (Å²) in [5, 5.41) is 12.1. The Morgan fingerprint density at radius 3 is 3.06 bits per heavy atom. The van der Waals surface area contributed by atoms with E-state index in [1.807, 2.05) is 19.9 Å². The van der Waals surface area contributed by atoms with Gasteiger partial charge in [-0.1, -0.05) is 18.6 Å². The Kier molecular flexibility index (Phi) is 3.88. The molecule has 0 radical (unpaired) electrons. The molecule has 2 aromatic rings. The number of H-pyrrole nitrogens is 1. The second-order valence-corrected chi connectivity index (χ2v) is 4.03. The first kappa shape index (κ1) is 12.5. The zero-order chi connectivity index (χ0) is 13.0. The van der Waals surface area contributed by atoms with Crippen molar-refractivity contribution < 1.29 is 5.11 Å². The molecule has 0 bridgehead atoms. The molecule has 2 rings (SSSR count). The van der Waals surface area contributed by atoms with Gasteiger partial charge in [0, 0.05) is 13.0 Å². The average molecular weight is 247 g/mol. The number of hydrogen-bond donors (Lipinski definition) is 3. The predicted molar refractivity (Wildman–Crippen MR) is 70.4 cm³/mol. The third-order valence-electron chi connectivity index (χ3n) is 2.62. The van der Waals surface area contributed by atoms with Gasteiger partial charge >= 0.3 is 0 Å². The highest BCUT2D eigenvalue weighted by Gasteiger charge is 2.07. The molecule has 96 valence electrons. The Balaban J connectivity index is 2.23. The van der Waals surface area contributed by atoms with Crippen LogP contribution in [0.15, 0.2) is 18.0 Å². The van der Waals surface area contributed by atoms with Crippen LogP contribution < -0.4 is 5.32 Å². The highest BCUT2D eigenvalue weighted by Crippen LogP contribution is 2.16. The Morgan fingerprint density at radius 2 is 2.33 bits per heavy atom. The van der Waals surface area contributed by atoms with E-state index < -0.39 is 0 Å². The molecule has 0 atom stereocenters. The Bertz CT molecular complexity index is 561. The molecule has 0 unspecified atom stereocenters. The highest BCUT2D eigenvalue weighted by molar-refractivity contribution is 5.82. The summed E-state index contributed by atoms with van der Waals surface area (Å²) in [5.74, 6) is 1.51. The van der Waals surface area contributed by atoms with E-state index in [0.29, 0.717) is 12.2 Å². The number of nitrogens with zero attached hydrogens (tertiary/aromatic N) is 3. The molecule has 0 fully saturated rings. The van der Waals surface area contributed by atoms with Crippen molar-refractivity contribution in [1.82, 2.24) is 19.9 Å². The summed E-state index contributed by atoms with van der Waals surface area (Å²) < 4.78 is 0. The van der Waals surface area contributed by atoms with E-state index >= 15 is 0 Å². The van der Waals surface area contributed by atoms with Crippen LogP contribution in [0.2, 0.25) is 0 Å². The van der Waals surface area contributed by atoms with Crippen molar-refractivity contribution in [3.05, 3.63) is 23.8 Å². The number of nitrogens with one attached hydrogen (secondary N) is 2. The zero-order valence-corrected chi connectivity index (χ0v) is 10.6. The molecular weight excluding hydrogens is 230 g/mol. The van der Waals surface area contributed by atoms with Crippen LogP contribution in [0.5, 0.6) is 0 Å². The van der Waals surface area contributed by atoms with Gasteiger partial charge in [-0.25, -0.2) is 15.0 Å². The van der Waals surface area contributed by atoms with Gasteiger partial charge in [0.1, 0.15) is 11.3 Å². The van der Waals surface area contributed by atoms with E-state index in [2.05, 4.69) is 25.3 Å². The summed E-state index contributed by atoms with van der Waals surface area (Å²) in [6.07, 6.45) is 4.30. The van der Waals surface area contributed by atoms with Crippen molar-refractivity contribution >= 4 is 17.0 Å². The van der Waals surface area contributed by atoms with E-state index in [4.69, 9.17) is 5.11 Å². The molecule has 0 saturated carbocycles. The van der Waals surface area contributed by atoms with E-state index in [1.54, 1.807) is 6.33 Å². The minimum atomic E-state index is 0.0745. The minimum absolute atomic E-state index is 0.0745. The molecule has 6 heteroatoms. The first-order chi connectivity index (χ1) is 8.74. The number of anilines is 1. The molecule has 0 aromatic carbocycles. The quantitative estimate of drug-likeness (QED) is 0.692. The minimum Gasteiger partial charge on any atom is -0.392 e. The molecule has 0 aliphatic carbocycles. The molecule has 3 N–H and O–H groups in total. The van der Waals surface area contributed by atoms with E-state index in [9.17, 15) is 0 Å². The molecule has 0 amide bonds. The molecule has 0 aliphatic rings. The summed E-state index contributed by atoms with van der Waals surface area (Å²) in [4.78, 5) is 15.9. The number of imidazole rings is 1. The summed E-state index contributed by atoms with van der Waals surface area (Å²) in [6, 6.07) is 0. The molecule has 0 spiro atoms. The number of aliphatic hydroxyl groups excluding tert-OH is 1. The number of aryl methyl sites for hydroxylation is 1. The topological polar surface area (TPSA) is 86.7 Å². The van der Waals surface area contributed by atoms with Gasteiger partial charge in [-0.2, -0.15) is 0 Å². The molecular formula is C12H17N5O. The third kappa shape index (κ3) is 2.65. The van der Waals surface area contributed by atoms with Crippen LogP contribution in [-0.4, -0.2) is 38.2 Å². The predicted octanol–water partition coefficient (Wildman–Crippen LogP) is 1.27. The van der Waals surface area contributed by atoms with E-state index in [1.165, 1.54) is 0 Å². The van der Waals surface area contributed by atoms with Crippen LogP contribution >= 0.6 is 0 Å². The maximum absolute atomic E-state index is 8.91. The van der Waals surface area contributed by atoms with Crippen molar-refractivity contribution in [3.8, 4) is 0 Å². The second kappa shape index (κ2) is 5.59. The number of aliphatic hydroxyl groups is 1. The number of fused-ring (bicyclic) bond motifs is 1. The molecule has 18 heavy (non-hydrogen) atoms. The van der Waals surface area contributed by atoms with Crippen molar-refractivity contribution in [3.63, 3.8) is 0 Å². The van der Waals surface area contributed by atoms with E-state index in [-0.39, 0.29) is 6.61 Å². The second-order valence-electron chi connectivity index (χ2n) is 4.03. The lowest BCUT2D eigenvalue weighted by Crippen LogP contribution is -2.06. The maximum atomic E-state index is 8.91. The molecule has 2 heterocycles. The molecule has 0 saturated heterocycles. The lowest BCUT2D eigenvalue weighted by molar-refractivity contribution is 0.331. The van der Waals surface area contributed by atoms with Crippen LogP contribution in [0.4, 0.5) is 5.82 Å². The van der Waals surface area contributed by atoms with Crippen LogP contribution in [0.3, 0.4) is 0 Å². The maximum Gasteiger partial charge on any atom is 0.183 e. The monoisotopic (exact) mass is 247 g/mol.